The third-order valence-electron chi connectivity index (χ3n) is 9.19. The predicted molar refractivity (Wildman–Crippen MR) is 221 cm³/mol. The van der Waals surface area contributed by atoms with E-state index in [0.717, 1.165) is 0 Å². The molecule has 0 saturated heterocycles. The second-order valence-electron chi connectivity index (χ2n) is 13.7. The molecule has 3 aromatic carbocycles. The highest BCUT2D eigenvalue weighted by Crippen LogP contribution is 2.22. The van der Waals surface area contributed by atoms with E-state index < -0.39 is 65.2 Å². The van der Waals surface area contributed by atoms with Crippen LogP contribution in [0.3, 0.4) is 0 Å². The molecule has 0 fully saturated rings. The molecule has 0 unspecified atom stereocenters. The van der Waals surface area contributed by atoms with Crippen molar-refractivity contribution in [3.05, 3.63) is 110 Å². The van der Waals surface area contributed by atoms with E-state index >= 15 is 0 Å². The van der Waals surface area contributed by atoms with Gasteiger partial charge in [-0.15, -0.1) is 0 Å². The summed E-state index contributed by atoms with van der Waals surface area (Å²) in [4.78, 5) is 77.7. The molecule has 0 radical (unpaired) electrons. The number of nitro groups is 1. The maximum Gasteiger partial charge on any atom is 0.407 e. The van der Waals surface area contributed by atoms with Crippen LogP contribution in [0.1, 0.15) is 61.3 Å². The van der Waals surface area contributed by atoms with Crippen LogP contribution in [-0.2, 0) is 43.4 Å². The quantitative estimate of drug-likeness (QED) is 0.0226. The number of phenols is 1. The number of nitrogens with zero attached hydrogens (tertiary/aromatic N) is 2. The van der Waals surface area contributed by atoms with Crippen molar-refractivity contribution >= 4 is 47.6 Å². The summed E-state index contributed by atoms with van der Waals surface area (Å²) in [6.45, 7) is 3.66. The monoisotopic (exact) mass is 838 g/mol. The zero-order chi connectivity index (χ0) is 44.2. The number of phenolic OH excluding ortho intramolecular Hbond substituents is 1. The van der Waals surface area contributed by atoms with E-state index in [0.29, 0.717) is 39.3 Å². The van der Waals surface area contributed by atoms with Gasteiger partial charge in [0.05, 0.1) is 5.10 Å². The first-order valence-corrected chi connectivity index (χ1v) is 19.3. The van der Waals surface area contributed by atoms with Gasteiger partial charge in [0.2, 0.25) is 23.6 Å². The number of carbonyl (C=O) groups is 5. The zero-order valence-corrected chi connectivity index (χ0v) is 33.6. The van der Waals surface area contributed by atoms with Crippen LogP contribution in [-0.4, -0.2) is 83.4 Å². The molecule has 0 saturated carbocycles. The molecular weight excluding hydrogens is 786 g/mol. The molecule has 3 aromatic rings. The van der Waals surface area contributed by atoms with Gasteiger partial charge in [0.1, 0.15) is 37.9 Å². The molecule has 3 rings (SSSR count). The Balaban J connectivity index is 1.86. The summed E-state index contributed by atoms with van der Waals surface area (Å²) in [5.74, 6) is -3.19. The minimum atomic E-state index is -1.37. The van der Waals surface area contributed by atoms with E-state index in [-0.39, 0.29) is 64.0 Å². The van der Waals surface area contributed by atoms with Crippen molar-refractivity contribution in [1.29, 1.82) is 0 Å². The number of aromatic hydroxyl groups is 1. The fraction of sp³-hybridized carbons (Fsp3) is 0.400. The summed E-state index contributed by atoms with van der Waals surface area (Å²) >= 11 is 6.13. The number of rotatable bonds is 23. The van der Waals surface area contributed by atoms with Gasteiger partial charge in [0, 0.05) is 30.0 Å². The second-order valence-corrected chi connectivity index (χ2v) is 14.1. The number of benzene rings is 3. The normalized spacial score (nSPS) is 13.4. The van der Waals surface area contributed by atoms with Crippen molar-refractivity contribution in [2.24, 2.45) is 16.6 Å². The fourth-order valence-electron chi connectivity index (χ4n) is 6.08. The van der Waals surface area contributed by atoms with E-state index in [2.05, 4.69) is 31.7 Å². The summed E-state index contributed by atoms with van der Waals surface area (Å²) in [6, 6.07) is 13.7. The first-order valence-electron chi connectivity index (χ1n) is 19.4. The van der Waals surface area contributed by atoms with Gasteiger partial charge >= 0.3 is 6.09 Å². The summed E-state index contributed by atoms with van der Waals surface area (Å²) in [7, 11) is 0. The van der Waals surface area contributed by atoms with Crippen molar-refractivity contribution in [1.82, 2.24) is 26.6 Å². The average Bonchev–Trinajstić information content (AvgIpc) is 3.18. The summed E-state index contributed by atoms with van der Waals surface area (Å²) < 4.78 is 13.1. The van der Waals surface area contributed by atoms with E-state index in [9.17, 15) is 39.2 Å². The summed E-state index contributed by atoms with van der Waals surface area (Å²) in [5.41, 5.74) is 14.5. The number of alkyl carbamates (subject to hydrolysis) is 1. The van der Waals surface area contributed by atoms with Gasteiger partial charge in [-0.25, -0.2) is 14.9 Å². The van der Waals surface area contributed by atoms with E-state index in [4.69, 9.17) is 29.2 Å². The molecule has 0 spiro atoms. The topological polar surface area (TPSA) is 282 Å². The van der Waals surface area contributed by atoms with Crippen LogP contribution < -0.4 is 38.1 Å². The van der Waals surface area contributed by atoms with Crippen LogP contribution in [0.15, 0.2) is 71.8 Å². The van der Waals surface area contributed by atoms with Crippen molar-refractivity contribution in [3.8, 4) is 5.75 Å². The average molecular weight is 839 g/mol. The highest BCUT2D eigenvalue weighted by molar-refractivity contribution is 6.31. The molecule has 4 atom stereocenters. The maximum atomic E-state index is 14.3. The number of aryl methyl sites for hydroxylation is 2. The van der Waals surface area contributed by atoms with E-state index in [1.165, 1.54) is 12.1 Å². The highest BCUT2D eigenvalue weighted by atomic mass is 35.5. The third kappa shape index (κ3) is 16.6. The van der Waals surface area contributed by atoms with Gasteiger partial charge in [0.15, 0.2) is 11.3 Å². The van der Waals surface area contributed by atoms with Crippen molar-refractivity contribution in [2.75, 3.05) is 13.1 Å². The Morgan fingerprint density at radius 3 is 2.12 bits per heavy atom. The number of hydrogen-bond acceptors (Lipinski definition) is 10. The SMILES string of the molecule is [2H]C(=N[N+](=O)[O-])N[C@@H](CCCN)C(=O)N[C@@H](Cc1c(C)cc(O)cc1C)C(=O)N[C@@H](CCCCNC(=O)OCc1ccccc1Cl)C(=O)N[C@@H](Cc1ccccc1)C(N)=O. The maximum absolute atomic E-state index is 14.3. The van der Waals surface area contributed by atoms with E-state index in [1.54, 1.807) is 68.4 Å². The number of primary amides is 1. The first-order chi connectivity index (χ1) is 28.6. The number of amides is 5. The summed E-state index contributed by atoms with van der Waals surface area (Å²) in [6.07, 6.45) is -0.725. The second kappa shape index (κ2) is 24.5. The number of amidine groups is 1. The molecule has 59 heavy (non-hydrogen) atoms. The molecule has 0 aliphatic heterocycles. The lowest BCUT2D eigenvalue weighted by atomic mass is 9.95. The Kier molecular flexibility index (Phi) is 18.9. The number of ether oxygens (including phenoxy) is 1. The molecule has 5 amide bonds. The molecule has 19 heteroatoms. The minimum absolute atomic E-state index is 0.0162. The van der Waals surface area contributed by atoms with Crippen LogP contribution in [0.4, 0.5) is 4.79 Å². The number of nitrogens with one attached hydrogen (secondary N) is 5. The first kappa shape index (κ1) is 45.4. The van der Waals surface area contributed by atoms with Gasteiger partial charge in [-0.2, -0.15) is 0 Å². The van der Waals surface area contributed by atoms with Gasteiger partial charge in [-0.05, 0) is 92.9 Å². The molecule has 0 aliphatic carbocycles. The van der Waals surface area contributed by atoms with Crippen LogP contribution in [0, 0.1) is 24.0 Å². The number of hydrogen-bond donors (Lipinski definition) is 8. The largest absolute Gasteiger partial charge is 0.508 e. The number of hydrazone groups is 1. The van der Waals surface area contributed by atoms with Crippen LogP contribution >= 0.6 is 11.6 Å². The lowest BCUT2D eigenvalue weighted by Gasteiger charge is -2.27. The van der Waals surface area contributed by atoms with Crippen LogP contribution in [0.5, 0.6) is 5.75 Å². The molecule has 10 N–H and O–H groups in total. The molecule has 0 aromatic heterocycles. The molecule has 0 heterocycles. The van der Waals surface area contributed by atoms with Crippen LogP contribution in [0.2, 0.25) is 5.02 Å². The Morgan fingerprint density at radius 2 is 1.47 bits per heavy atom. The van der Waals surface area contributed by atoms with Crippen molar-refractivity contribution < 1.29 is 40.2 Å². The molecule has 318 valence electrons. The molecular formula is C40H52ClN9O9. The Morgan fingerprint density at radius 1 is 0.881 bits per heavy atom. The smallest absolute Gasteiger partial charge is 0.407 e. The molecule has 18 nitrogen and oxygen atoms in total. The zero-order valence-electron chi connectivity index (χ0n) is 33.9. The highest BCUT2D eigenvalue weighted by Gasteiger charge is 2.31. The number of nitrogens with two attached hydrogens (primary N) is 2. The third-order valence-corrected chi connectivity index (χ3v) is 9.56. The van der Waals surface area contributed by atoms with Crippen LogP contribution in [0.25, 0.3) is 0 Å². The molecule has 0 aliphatic rings. The number of halogens is 1. The lowest BCUT2D eigenvalue weighted by molar-refractivity contribution is -0.484. The van der Waals surface area contributed by atoms with Gasteiger partial charge in [-0.3, -0.25) is 19.2 Å². The Bertz CT molecular complexity index is 1970. The van der Waals surface area contributed by atoms with Gasteiger partial charge < -0.3 is 47.9 Å². The number of unbranched alkanes of at least 4 members (excludes halogenated alkanes) is 1. The number of carbonyl (C=O) groups excluding carboxylic acids is 5. The lowest BCUT2D eigenvalue weighted by Crippen LogP contribution is -2.58. The summed E-state index contributed by atoms with van der Waals surface area (Å²) in [5, 5.41) is 36.3. The van der Waals surface area contributed by atoms with Gasteiger partial charge in [-0.1, -0.05) is 60.1 Å². The van der Waals surface area contributed by atoms with E-state index in [1.807, 2.05) is 0 Å². The van der Waals surface area contributed by atoms with Crippen molar-refractivity contribution in [2.45, 2.75) is 89.6 Å². The minimum Gasteiger partial charge on any atom is -0.508 e. The fourth-order valence-corrected chi connectivity index (χ4v) is 6.27. The standard InChI is InChI=1S/C40H52ClN9O9/c1-25-19-29(51)20-26(2)30(25)22-35(49-37(53)32(16-10-17-42)45-24-46-50(57)58)39(55)47-33(38(54)48-34(36(43)52)21-27-11-4-3-5-12-27)15-8-9-18-44-40(56)59-23-28-13-6-7-14-31(28)41/h3-7,11-14,19-20,24,32-35,51H,8-10,15-18,21-23,42H2,1-2H3,(H2,43,52)(H,44,56)(H,45,46)(H,47,55)(H,48,54)(H,49,53)/t32-,33-,34-,35-/m0/s1/i24D. The predicted octanol–water partition coefficient (Wildman–Crippen LogP) is 2.40. The van der Waals surface area contributed by atoms with Crippen molar-refractivity contribution in [3.63, 3.8) is 0 Å². The van der Waals surface area contributed by atoms with Gasteiger partial charge in [0.25, 0.3) is 0 Å². The molecule has 0 bridgehead atoms. The Hall–Kier alpha value is -6.27. The Labute approximate surface area is 348 Å².